The van der Waals surface area contributed by atoms with Gasteiger partial charge in [0.1, 0.15) is 6.54 Å². The Kier molecular flexibility index (Phi) is 4.02. The fourth-order valence-electron chi connectivity index (χ4n) is 2.31. The van der Waals surface area contributed by atoms with Crippen LogP contribution >= 0.6 is 11.6 Å². The van der Waals surface area contributed by atoms with E-state index in [1.54, 1.807) is 0 Å². The summed E-state index contributed by atoms with van der Waals surface area (Å²) in [6.45, 7) is 3.63. The van der Waals surface area contributed by atoms with E-state index in [1.807, 2.05) is 46.2 Å². The number of hydrogen-bond acceptors (Lipinski definition) is 1. The molecule has 21 heavy (non-hydrogen) atoms. The average molecular weight is 299 g/mol. The van der Waals surface area contributed by atoms with Crippen LogP contribution in [0.1, 0.15) is 16.7 Å². The van der Waals surface area contributed by atoms with Crippen LogP contribution in [-0.4, -0.2) is 9.78 Å². The summed E-state index contributed by atoms with van der Waals surface area (Å²) in [5, 5.41) is 5.20. The second-order valence-electron chi connectivity index (χ2n) is 5.13. The molecule has 4 heteroatoms. The second-order valence-corrected chi connectivity index (χ2v) is 5.54. The predicted molar refractivity (Wildman–Crippen MR) is 83.3 cm³/mol. The molecule has 0 aliphatic heterocycles. The van der Waals surface area contributed by atoms with Crippen LogP contribution in [-0.2, 0) is 13.1 Å². The molecule has 0 spiro atoms. The fraction of sp³-hybridized carbons (Fsp3) is 0.176. The molecule has 0 fully saturated rings. The fourth-order valence-corrected chi connectivity index (χ4v) is 2.51. The monoisotopic (exact) mass is 298 g/mol. The van der Waals surface area contributed by atoms with Crippen LogP contribution in [0.15, 0.2) is 61.2 Å². The van der Waals surface area contributed by atoms with E-state index in [4.69, 9.17) is 11.6 Å². The Hall–Kier alpha value is -2.13. The number of aryl methyl sites for hydroxylation is 1. The molecule has 0 aliphatic carbocycles. The van der Waals surface area contributed by atoms with Crippen molar-refractivity contribution in [3.05, 3.63) is 82.9 Å². The molecule has 3 nitrogen and oxygen atoms in total. The van der Waals surface area contributed by atoms with Crippen LogP contribution in [0.3, 0.4) is 0 Å². The van der Waals surface area contributed by atoms with Gasteiger partial charge >= 0.3 is 0 Å². The summed E-state index contributed by atoms with van der Waals surface area (Å²) in [5.41, 5.74) is 3.66. The largest absolute Gasteiger partial charge is 0.265 e. The first-order valence-electron chi connectivity index (χ1n) is 6.92. The molecule has 0 atom stereocenters. The van der Waals surface area contributed by atoms with Crippen molar-refractivity contribution in [3.8, 4) is 0 Å². The summed E-state index contributed by atoms with van der Waals surface area (Å²) >= 11 is 6.19. The van der Waals surface area contributed by atoms with Gasteiger partial charge in [0, 0.05) is 15.7 Å². The molecular formula is C17H17ClN3+. The Morgan fingerprint density at radius 3 is 2.52 bits per heavy atom. The summed E-state index contributed by atoms with van der Waals surface area (Å²) in [7, 11) is 0. The molecule has 3 rings (SSSR count). The molecule has 0 saturated heterocycles. The lowest BCUT2D eigenvalue weighted by atomic mass is 10.1. The highest BCUT2D eigenvalue weighted by atomic mass is 35.5. The van der Waals surface area contributed by atoms with Crippen molar-refractivity contribution >= 4 is 11.6 Å². The van der Waals surface area contributed by atoms with Gasteiger partial charge in [-0.15, -0.1) is 4.68 Å². The zero-order chi connectivity index (χ0) is 14.7. The van der Waals surface area contributed by atoms with E-state index < -0.39 is 0 Å². The number of halogens is 1. The zero-order valence-corrected chi connectivity index (χ0v) is 12.7. The van der Waals surface area contributed by atoms with Gasteiger partial charge in [-0.1, -0.05) is 54.1 Å². The van der Waals surface area contributed by atoms with Crippen LogP contribution in [0, 0.1) is 6.92 Å². The maximum Gasteiger partial charge on any atom is 0.265 e. The lowest BCUT2D eigenvalue weighted by Crippen LogP contribution is -2.31. The summed E-state index contributed by atoms with van der Waals surface area (Å²) in [6, 6.07) is 16.3. The van der Waals surface area contributed by atoms with E-state index in [-0.39, 0.29) is 0 Å². The highest BCUT2D eigenvalue weighted by Crippen LogP contribution is 2.14. The van der Waals surface area contributed by atoms with Gasteiger partial charge in [-0.25, -0.2) is 4.57 Å². The Bertz CT molecular complexity index is 687. The number of hydrogen-bond donors (Lipinski definition) is 0. The molecule has 0 bridgehead atoms. The Morgan fingerprint density at radius 1 is 1.05 bits per heavy atom. The molecule has 0 unspecified atom stereocenters. The highest BCUT2D eigenvalue weighted by molar-refractivity contribution is 6.31. The highest BCUT2D eigenvalue weighted by Gasteiger charge is 2.09. The third kappa shape index (κ3) is 3.31. The van der Waals surface area contributed by atoms with Gasteiger partial charge in [0.25, 0.3) is 6.33 Å². The quantitative estimate of drug-likeness (QED) is 0.678. The van der Waals surface area contributed by atoms with E-state index in [2.05, 4.69) is 36.3 Å². The minimum absolute atomic E-state index is 0.730. The van der Waals surface area contributed by atoms with Gasteiger partial charge in [-0.3, -0.25) is 0 Å². The topological polar surface area (TPSA) is 21.7 Å². The van der Waals surface area contributed by atoms with E-state index in [9.17, 15) is 0 Å². The van der Waals surface area contributed by atoms with E-state index in [0.717, 1.165) is 23.7 Å². The molecule has 1 heterocycles. The van der Waals surface area contributed by atoms with Crippen LogP contribution < -0.4 is 4.57 Å². The Labute approximate surface area is 129 Å². The van der Waals surface area contributed by atoms with Gasteiger partial charge < -0.3 is 0 Å². The first kappa shape index (κ1) is 13.8. The van der Waals surface area contributed by atoms with Crippen LogP contribution in [0.5, 0.6) is 0 Å². The molecule has 0 radical (unpaired) electrons. The van der Waals surface area contributed by atoms with Crippen molar-refractivity contribution in [1.29, 1.82) is 0 Å². The van der Waals surface area contributed by atoms with Gasteiger partial charge in [-0.05, 0) is 24.1 Å². The van der Waals surface area contributed by atoms with Crippen molar-refractivity contribution in [2.24, 2.45) is 0 Å². The summed E-state index contributed by atoms with van der Waals surface area (Å²) in [4.78, 5) is 0. The summed E-state index contributed by atoms with van der Waals surface area (Å²) in [6.07, 6.45) is 3.84. The van der Waals surface area contributed by atoms with Crippen molar-refractivity contribution < 1.29 is 4.57 Å². The number of benzene rings is 2. The second kappa shape index (κ2) is 6.10. The molecule has 106 valence electrons. The molecule has 0 saturated carbocycles. The van der Waals surface area contributed by atoms with Crippen molar-refractivity contribution in [2.45, 2.75) is 20.0 Å². The molecule has 0 amide bonds. The normalized spacial score (nSPS) is 10.8. The molecule has 2 aromatic carbocycles. The minimum atomic E-state index is 0.730. The molecule has 0 aliphatic rings. The third-order valence-corrected chi connectivity index (χ3v) is 3.90. The smallest absolute Gasteiger partial charge is 0.233 e. The summed E-state index contributed by atoms with van der Waals surface area (Å²) in [5.74, 6) is 0. The van der Waals surface area contributed by atoms with Crippen LogP contribution in [0.2, 0.25) is 5.02 Å². The van der Waals surface area contributed by atoms with Crippen LogP contribution in [0.25, 0.3) is 0 Å². The lowest BCUT2D eigenvalue weighted by molar-refractivity contribution is -0.689. The average Bonchev–Trinajstić information content (AvgIpc) is 2.91. The number of rotatable bonds is 4. The van der Waals surface area contributed by atoms with Crippen LogP contribution in [0.4, 0.5) is 0 Å². The lowest BCUT2D eigenvalue weighted by Gasteiger charge is -2.01. The summed E-state index contributed by atoms with van der Waals surface area (Å²) < 4.78 is 3.98. The molecular weight excluding hydrogens is 282 g/mol. The Balaban J connectivity index is 1.75. The van der Waals surface area contributed by atoms with E-state index in [1.165, 1.54) is 11.1 Å². The molecule has 3 aromatic rings. The van der Waals surface area contributed by atoms with Crippen molar-refractivity contribution in [3.63, 3.8) is 0 Å². The number of aromatic nitrogens is 3. The van der Waals surface area contributed by atoms with Gasteiger partial charge in [0.15, 0.2) is 0 Å². The van der Waals surface area contributed by atoms with E-state index in [0.29, 0.717) is 0 Å². The number of nitrogens with zero attached hydrogens (tertiary/aromatic N) is 3. The first-order valence-corrected chi connectivity index (χ1v) is 7.29. The predicted octanol–water partition coefficient (Wildman–Crippen LogP) is 3.23. The molecule has 1 aromatic heterocycles. The van der Waals surface area contributed by atoms with E-state index >= 15 is 0 Å². The van der Waals surface area contributed by atoms with Gasteiger partial charge in [-0.2, -0.15) is 0 Å². The minimum Gasteiger partial charge on any atom is -0.233 e. The molecule has 0 N–H and O–H groups in total. The zero-order valence-electron chi connectivity index (χ0n) is 11.9. The Morgan fingerprint density at radius 2 is 1.76 bits per heavy atom. The van der Waals surface area contributed by atoms with Gasteiger partial charge in [0.05, 0.1) is 6.54 Å². The SMILES string of the molecule is Cc1ccccc1Cn1c[n+](Cc2ccccc2Cl)cn1. The maximum atomic E-state index is 6.19. The first-order chi connectivity index (χ1) is 10.2. The standard InChI is InChI=1S/C17H17ClN3/c1-14-6-2-3-7-15(14)11-21-13-20(12-19-21)10-16-8-4-5-9-17(16)18/h2-9,12-13H,10-11H2,1H3/q+1. The maximum absolute atomic E-state index is 6.19. The van der Waals surface area contributed by atoms with Gasteiger partial charge in [0.2, 0.25) is 6.33 Å². The third-order valence-electron chi connectivity index (χ3n) is 3.53. The van der Waals surface area contributed by atoms with Crippen molar-refractivity contribution in [1.82, 2.24) is 9.78 Å². The van der Waals surface area contributed by atoms with Crippen molar-refractivity contribution in [2.75, 3.05) is 0 Å².